The molecule has 4 atom stereocenters. The highest BCUT2D eigenvalue weighted by Gasteiger charge is 2.36. The highest BCUT2D eigenvalue weighted by molar-refractivity contribution is 5.90. The van der Waals surface area contributed by atoms with Gasteiger partial charge in [-0.3, -0.25) is 14.4 Å². The summed E-state index contributed by atoms with van der Waals surface area (Å²) in [6.45, 7) is 3.27. The van der Waals surface area contributed by atoms with Crippen molar-refractivity contribution in [3.8, 4) is 0 Å². The number of nitrogens with two attached hydrogens (primary N) is 1. The van der Waals surface area contributed by atoms with Crippen LogP contribution in [0.5, 0.6) is 0 Å². The van der Waals surface area contributed by atoms with Crippen molar-refractivity contribution in [3.63, 3.8) is 0 Å². The minimum atomic E-state index is -0.724. The number of likely N-dealkylation sites (N-methyl/N-ethyl adjacent to an activating group) is 1. The summed E-state index contributed by atoms with van der Waals surface area (Å²) in [6.07, 6.45) is 3.88. The highest BCUT2D eigenvalue weighted by Crippen LogP contribution is 2.23. The SMILES string of the molecule is CN[C@@H](C)C(=O)N[C@@H](CCc1ccccc1)C(=O)N1CCC[C@H]1CN(CCc1ccccc1)C(=O)[C@H](N)Cc1cccc2ccccc12. The van der Waals surface area contributed by atoms with Crippen LogP contribution in [0.3, 0.4) is 0 Å². The van der Waals surface area contributed by atoms with Crippen LogP contribution in [0.15, 0.2) is 103 Å². The fourth-order valence-electron chi connectivity index (χ4n) is 6.64. The maximum absolute atomic E-state index is 14.2. The Morgan fingerprint density at radius 2 is 1.52 bits per heavy atom. The summed E-state index contributed by atoms with van der Waals surface area (Å²) in [5.41, 5.74) is 9.99. The number of likely N-dealkylation sites (tertiary alicyclic amines) is 1. The monoisotopic (exact) mass is 647 g/mol. The van der Waals surface area contributed by atoms with Crippen LogP contribution in [-0.4, -0.2) is 78.4 Å². The van der Waals surface area contributed by atoms with Crippen molar-refractivity contribution in [2.75, 3.05) is 26.7 Å². The molecule has 3 amide bonds. The van der Waals surface area contributed by atoms with Gasteiger partial charge in [0.2, 0.25) is 17.7 Å². The molecule has 252 valence electrons. The number of nitrogens with one attached hydrogen (secondary N) is 2. The van der Waals surface area contributed by atoms with Gasteiger partial charge in [-0.2, -0.15) is 0 Å². The summed E-state index contributed by atoms with van der Waals surface area (Å²) >= 11 is 0. The lowest BCUT2D eigenvalue weighted by atomic mass is 9.98. The number of nitrogens with zero attached hydrogens (tertiary/aromatic N) is 2. The first-order valence-electron chi connectivity index (χ1n) is 17.2. The van der Waals surface area contributed by atoms with Gasteiger partial charge in [0.15, 0.2) is 0 Å². The van der Waals surface area contributed by atoms with Gasteiger partial charge in [0.1, 0.15) is 6.04 Å². The molecule has 4 aromatic rings. The van der Waals surface area contributed by atoms with Crippen LogP contribution in [0.4, 0.5) is 0 Å². The van der Waals surface area contributed by atoms with Gasteiger partial charge >= 0.3 is 0 Å². The van der Waals surface area contributed by atoms with E-state index < -0.39 is 18.1 Å². The van der Waals surface area contributed by atoms with Crippen molar-refractivity contribution in [2.24, 2.45) is 5.73 Å². The average Bonchev–Trinajstić information content (AvgIpc) is 3.59. The molecule has 1 aliphatic rings. The first-order chi connectivity index (χ1) is 23.3. The topological polar surface area (TPSA) is 108 Å². The number of hydrogen-bond donors (Lipinski definition) is 3. The Bertz CT molecular complexity index is 1640. The van der Waals surface area contributed by atoms with Crippen LogP contribution in [0.1, 0.15) is 42.9 Å². The molecule has 4 aromatic carbocycles. The Balaban J connectivity index is 1.33. The number of carbonyl (C=O) groups excluding carboxylic acids is 3. The molecule has 5 rings (SSSR count). The molecule has 48 heavy (non-hydrogen) atoms. The summed E-state index contributed by atoms with van der Waals surface area (Å²) in [5.74, 6) is -0.422. The average molecular weight is 648 g/mol. The highest BCUT2D eigenvalue weighted by atomic mass is 16.2. The number of fused-ring (bicyclic) bond motifs is 1. The van der Waals surface area contributed by atoms with E-state index in [1.807, 2.05) is 82.6 Å². The zero-order valence-electron chi connectivity index (χ0n) is 28.2. The second kappa shape index (κ2) is 17.0. The Morgan fingerprint density at radius 3 is 2.23 bits per heavy atom. The minimum absolute atomic E-state index is 0.0967. The van der Waals surface area contributed by atoms with Gasteiger partial charge in [0.05, 0.1) is 12.1 Å². The molecular formula is C40H49N5O3. The van der Waals surface area contributed by atoms with Crippen molar-refractivity contribution in [1.29, 1.82) is 0 Å². The predicted molar refractivity (Wildman–Crippen MR) is 192 cm³/mol. The molecule has 0 aliphatic carbocycles. The standard InChI is InChI=1S/C40H49N5O3/c1-29(42-2)38(46)43-37(23-22-30-13-5-3-6-14-30)40(48)45-25-12-20-34(45)28-44(26-24-31-15-7-4-8-16-31)39(47)36(41)27-33-19-11-18-32-17-9-10-21-35(32)33/h3-11,13-19,21,29,34,36-37,42H,12,20,22-28,41H2,1-2H3,(H,43,46)/t29-,34-,36+,37-/m0/s1. The lowest BCUT2D eigenvalue weighted by Gasteiger charge is -2.34. The zero-order chi connectivity index (χ0) is 33.9. The first-order valence-corrected chi connectivity index (χ1v) is 17.2. The van der Waals surface area contributed by atoms with Crippen LogP contribution in [-0.2, 0) is 33.6 Å². The Kier molecular flexibility index (Phi) is 12.4. The normalized spacial score (nSPS) is 16.3. The van der Waals surface area contributed by atoms with E-state index in [0.29, 0.717) is 45.3 Å². The van der Waals surface area contributed by atoms with E-state index in [0.717, 1.165) is 40.3 Å². The van der Waals surface area contributed by atoms with E-state index in [-0.39, 0.29) is 23.8 Å². The van der Waals surface area contributed by atoms with Gasteiger partial charge < -0.3 is 26.2 Å². The van der Waals surface area contributed by atoms with Gasteiger partial charge in [-0.25, -0.2) is 0 Å². The molecule has 0 saturated carbocycles. The molecule has 8 heteroatoms. The smallest absolute Gasteiger partial charge is 0.245 e. The van der Waals surface area contributed by atoms with Crippen molar-refractivity contribution >= 4 is 28.5 Å². The Hall–Kier alpha value is -4.53. The number of carbonyl (C=O) groups is 3. The third kappa shape index (κ3) is 9.08. The van der Waals surface area contributed by atoms with Gasteiger partial charge in [-0.05, 0) is 80.0 Å². The summed E-state index contributed by atoms with van der Waals surface area (Å²) in [4.78, 5) is 45.1. The van der Waals surface area contributed by atoms with Crippen molar-refractivity contribution < 1.29 is 14.4 Å². The molecule has 0 aromatic heterocycles. The van der Waals surface area contributed by atoms with Crippen LogP contribution in [0, 0.1) is 0 Å². The molecular weight excluding hydrogens is 598 g/mol. The molecule has 8 nitrogen and oxygen atoms in total. The molecule has 1 saturated heterocycles. The van der Waals surface area contributed by atoms with Gasteiger partial charge in [-0.15, -0.1) is 0 Å². The fourth-order valence-corrected chi connectivity index (χ4v) is 6.64. The number of aryl methyl sites for hydroxylation is 1. The van der Waals surface area contributed by atoms with Crippen LogP contribution < -0.4 is 16.4 Å². The first kappa shape index (κ1) is 34.8. The van der Waals surface area contributed by atoms with Crippen molar-refractivity contribution in [3.05, 3.63) is 120 Å². The number of rotatable bonds is 15. The maximum atomic E-state index is 14.2. The van der Waals surface area contributed by atoms with E-state index in [9.17, 15) is 14.4 Å². The second-order valence-corrected chi connectivity index (χ2v) is 12.9. The number of benzene rings is 4. The lowest BCUT2D eigenvalue weighted by Crippen LogP contribution is -2.56. The zero-order valence-corrected chi connectivity index (χ0v) is 28.2. The van der Waals surface area contributed by atoms with E-state index in [1.165, 1.54) is 0 Å². The second-order valence-electron chi connectivity index (χ2n) is 12.9. The number of amides is 3. The van der Waals surface area contributed by atoms with Crippen molar-refractivity contribution in [1.82, 2.24) is 20.4 Å². The summed E-state index contributed by atoms with van der Waals surface area (Å²) in [6, 6.07) is 32.4. The summed E-state index contributed by atoms with van der Waals surface area (Å²) in [7, 11) is 1.73. The van der Waals surface area contributed by atoms with E-state index in [2.05, 4.69) is 41.0 Å². The minimum Gasteiger partial charge on any atom is -0.343 e. The molecule has 4 N–H and O–H groups in total. The van der Waals surface area contributed by atoms with Gasteiger partial charge in [-0.1, -0.05) is 103 Å². The van der Waals surface area contributed by atoms with E-state index in [4.69, 9.17) is 5.73 Å². The Morgan fingerprint density at radius 1 is 0.875 bits per heavy atom. The Labute approximate surface area is 284 Å². The molecule has 0 spiro atoms. The fraction of sp³-hybridized carbons (Fsp3) is 0.375. The van der Waals surface area contributed by atoms with Gasteiger partial charge in [0.25, 0.3) is 0 Å². The van der Waals surface area contributed by atoms with Crippen molar-refractivity contribution in [2.45, 2.75) is 69.6 Å². The number of hydrogen-bond acceptors (Lipinski definition) is 5. The largest absolute Gasteiger partial charge is 0.343 e. The van der Waals surface area contributed by atoms with Crippen LogP contribution in [0.25, 0.3) is 10.8 Å². The summed E-state index contributed by atoms with van der Waals surface area (Å²) < 4.78 is 0. The summed E-state index contributed by atoms with van der Waals surface area (Å²) in [5, 5.41) is 8.22. The molecule has 0 bridgehead atoms. The predicted octanol–water partition coefficient (Wildman–Crippen LogP) is 4.50. The third-order valence-electron chi connectivity index (χ3n) is 9.56. The van der Waals surface area contributed by atoms with Crippen LogP contribution in [0.2, 0.25) is 0 Å². The molecule has 0 radical (unpaired) electrons. The van der Waals surface area contributed by atoms with E-state index in [1.54, 1.807) is 14.0 Å². The molecule has 0 unspecified atom stereocenters. The lowest BCUT2D eigenvalue weighted by molar-refractivity contribution is -0.140. The molecule has 1 heterocycles. The molecule has 1 aliphatic heterocycles. The van der Waals surface area contributed by atoms with Crippen LogP contribution >= 0.6 is 0 Å². The quantitative estimate of drug-likeness (QED) is 0.176. The van der Waals surface area contributed by atoms with E-state index >= 15 is 0 Å². The molecule has 1 fully saturated rings. The third-order valence-corrected chi connectivity index (χ3v) is 9.56. The van der Waals surface area contributed by atoms with Gasteiger partial charge in [0, 0.05) is 25.7 Å². The maximum Gasteiger partial charge on any atom is 0.245 e.